The van der Waals surface area contributed by atoms with E-state index in [2.05, 4.69) is 44.2 Å². The molecule has 0 aromatic carbocycles. The summed E-state index contributed by atoms with van der Waals surface area (Å²) in [5.74, 6) is 1.32. The highest BCUT2D eigenvalue weighted by molar-refractivity contribution is 5.39. The lowest BCUT2D eigenvalue weighted by molar-refractivity contribution is 0.401. The van der Waals surface area contributed by atoms with Crippen LogP contribution in [0.2, 0.25) is 0 Å². The third kappa shape index (κ3) is 2.33. The molecule has 1 aromatic rings. The molecule has 0 unspecified atom stereocenters. The van der Waals surface area contributed by atoms with Gasteiger partial charge in [-0.25, -0.2) is 4.98 Å². The second-order valence-electron chi connectivity index (χ2n) is 5.07. The van der Waals surface area contributed by atoms with E-state index >= 15 is 0 Å². The molecule has 0 spiro atoms. The Bertz CT molecular complexity index is 316. The molecular formula is C12H23N3. The van der Waals surface area contributed by atoms with E-state index in [0.717, 1.165) is 24.4 Å². The minimum atomic E-state index is 0.0152. The van der Waals surface area contributed by atoms with Gasteiger partial charge in [0, 0.05) is 11.5 Å². The summed E-state index contributed by atoms with van der Waals surface area (Å²) in [6.07, 6.45) is 4.06. The summed E-state index contributed by atoms with van der Waals surface area (Å²) in [7, 11) is 0. The highest BCUT2D eigenvalue weighted by Crippen LogP contribution is 2.29. The van der Waals surface area contributed by atoms with Crippen molar-refractivity contribution in [3.63, 3.8) is 0 Å². The van der Waals surface area contributed by atoms with Crippen LogP contribution in [-0.2, 0) is 5.54 Å². The van der Waals surface area contributed by atoms with Gasteiger partial charge in [0.05, 0.1) is 12.0 Å². The van der Waals surface area contributed by atoms with Crippen molar-refractivity contribution in [2.75, 3.05) is 5.73 Å². The first-order valence-electron chi connectivity index (χ1n) is 5.75. The molecule has 1 aromatic heterocycles. The second-order valence-corrected chi connectivity index (χ2v) is 5.07. The van der Waals surface area contributed by atoms with Crippen molar-refractivity contribution in [1.82, 2.24) is 9.55 Å². The van der Waals surface area contributed by atoms with Crippen LogP contribution in [0.25, 0.3) is 0 Å². The van der Waals surface area contributed by atoms with Crippen LogP contribution < -0.4 is 5.73 Å². The maximum absolute atomic E-state index is 6.14. The summed E-state index contributed by atoms with van der Waals surface area (Å²) < 4.78 is 2.06. The predicted octanol–water partition coefficient (Wildman–Crippen LogP) is 3.12. The molecule has 3 heteroatoms. The van der Waals surface area contributed by atoms with Gasteiger partial charge in [-0.05, 0) is 33.6 Å². The van der Waals surface area contributed by atoms with Crippen LogP contribution in [0, 0.1) is 0 Å². The van der Waals surface area contributed by atoms with Crippen LogP contribution in [0.3, 0.4) is 0 Å². The molecule has 0 radical (unpaired) electrons. The molecule has 1 rings (SSSR count). The van der Waals surface area contributed by atoms with Gasteiger partial charge in [0.25, 0.3) is 0 Å². The number of hydrogen-bond donors (Lipinski definition) is 1. The molecule has 0 bridgehead atoms. The van der Waals surface area contributed by atoms with Crippen molar-refractivity contribution in [2.24, 2.45) is 0 Å². The number of nitrogens with zero attached hydrogens (tertiary/aromatic N) is 2. The highest BCUT2D eigenvalue weighted by Gasteiger charge is 2.21. The zero-order valence-electron chi connectivity index (χ0n) is 10.5. The van der Waals surface area contributed by atoms with Crippen molar-refractivity contribution in [1.29, 1.82) is 0 Å². The molecule has 86 valence electrons. The summed E-state index contributed by atoms with van der Waals surface area (Å²) in [4.78, 5) is 4.46. The second kappa shape index (κ2) is 4.25. The summed E-state index contributed by atoms with van der Waals surface area (Å²) in [5, 5.41) is 0. The van der Waals surface area contributed by atoms with Gasteiger partial charge in [0.15, 0.2) is 0 Å². The lowest BCUT2D eigenvalue weighted by atomic mass is 9.99. The zero-order valence-corrected chi connectivity index (χ0v) is 10.5. The lowest BCUT2D eigenvalue weighted by Crippen LogP contribution is -2.22. The minimum Gasteiger partial charge on any atom is -0.384 e. The number of hydrogen-bond acceptors (Lipinski definition) is 2. The number of rotatable bonds is 3. The largest absolute Gasteiger partial charge is 0.384 e. The molecule has 1 heterocycles. The van der Waals surface area contributed by atoms with Crippen molar-refractivity contribution in [2.45, 2.75) is 58.9 Å². The van der Waals surface area contributed by atoms with E-state index in [0.29, 0.717) is 5.92 Å². The van der Waals surface area contributed by atoms with Crippen molar-refractivity contribution < 1.29 is 0 Å². The van der Waals surface area contributed by atoms with E-state index in [1.54, 1.807) is 0 Å². The topological polar surface area (TPSA) is 43.8 Å². The molecule has 0 atom stereocenters. The van der Waals surface area contributed by atoms with Crippen LogP contribution in [0.1, 0.15) is 59.1 Å². The van der Waals surface area contributed by atoms with Crippen LogP contribution in [0.5, 0.6) is 0 Å². The molecule has 0 amide bonds. The smallest absolute Gasteiger partial charge is 0.127 e. The SMILES string of the molecule is CCC(CC)c1ncn(C(C)(C)C)c1N. The van der Waals surface area contributed by atoms with Gasteiger partial charge < -0.3 is 10.3 Å². The quantitative estimate of drug-likeness (QED) is 0.831. The first kappa shape index (κ1) is 12.1. The lowest BCUT2D eigenvalue weighted by Gasteiger charge is -2.22. The molecule has 3 nitrogen and oxygen atoms in total. The predicted molar refractivity (Wildman–Crippen MR) is 65.0 cm³/mol. The fourth-order valence-corrected chi connectivity index (χ4v) is 1.90. The molecule has 0 fully saturated rings. The summed E-state index contributed by atoms with van der Waals surface area (Å²) in [5.41, 5.74) is 7.22. The first-order valence-corrected chi connectivity index (χ1v) is 5.75. The maximum atomic E-state index is 6.14. The van der Waals surface area contributed by atoms with E-state index in [9.17, 15) is 0 Å². The highest BCUT2D eigenvalue weighted by atomic mass is 15.2. The molecule has 0 saturated carbocycles. The third-order valence-corrected chi connectivity index (χ3v) is 2.93. The Morgan fingerprint density at radius 3 is 2.20 bits per heavy atom. The minimum absolute atomic E-state index is 0.0152. The van der Waals surface area contributed by atoms with Gasteiger partial charge in [-0.3, -0.25) is 0 Å². The van der Waals surface area contributed by atoms with E-state index in [-0.39, 0.29) is 5.54 Å². The van der Waals surface area contributed by atoms with Gasteiger partial charge in [-0.1, -0.05) is 13.8 Å². The number of imidazole rings is 1. The average Bonchev–Trinajstić information content (AvgIpc) is 2.50. The summed E-state index contributed by atoms with van der Waals surface area (Å²) in [6, 6.07) is 0. The van der Waals surface area contributed by atoms with E-state index < -0.39 is 0 Å². The van der Waals surface area contributed by atoms with Gasteiger partial charge in [-0.15, -0.1) is 0 Å². The third-order valence-electron chi connectivity index (χ3n) is 2.93. The number of nitrogen functional groups attached to an aromatic ring is 1. The van der Waals surface area contributed by atoms with Gasteiger partial charge in [0.2, 0.25) is 0 Å². The Balaban J connectivity index is 3.09. The zero-order chi connectivity index (χ0) is 11.6. The number of nitrogens with two attached hydrogens (primary N) is 1. The fraction of sp³-hybridized carbons (Fsp3) is 0.750. The fourth-order valence-electron chi connectivity index (χ4n) is 1.90. The molecule has 0 aliphatic heterocycles. The molecule has 0 saturated heterocycles. The summed E-state index contributed by atoms with van der Waals surface area (Å²) in [6.45, 7) is 10.8. The molecular weight excluding hydrogens is 186 g/mol. The first-order chi connectivity index (χ1) is 6.91. The van der Waals surface area contributed by atoms with Crippen LogP contribution >= 0.6 is 0 Å². The van der Waals surface area contributed by atoms with E-state index in [4.69, 9.17) is 5.73 Å². The molecule has 2 N–H and O–H groups in total. The van der Waals surface area contributed by atoms with Crippen molar-refractivity contribution in [3.8, 4) is 0 Å². The molecule has 0 aliphatic carbocycles. The Morgan fingerprint density at radius 1 is 1.33 bits per heavy atom. The van der Waals surface area contributed by atoms with Crippen molar-refractivity contribution in [3.05, 3.63) is 12.0 Å². The van der Waals surface area contributed by atoms with Gasteiger partial charge in [0.1, 0.15) is 5.82 Å². The van der Waals surface area contributed by atoms with Gasteiger partial charge >= 0.3 is 0 Å². The molecule has 0 aliphatic rings. The van der Waals surface area contributed by atoms with Crippen LogP contribution in [-0.4, -0.2) is 9.55 Å². The normalized spacial score (nSPS) is 12.4. The Kier molecular flexibility index (Phi) is 3.42. The average molecular weight is 209 g/mol. The molecule has 15 heavy (non-hydrogen) atoms. The Hall–Kier alpha value is -0.990. The van der Waals surface area contributed by atoms with Crippen LogP contribution in [0.4, 0.5) is 5.82 Å². The Labute approximate surface area is 92.7 Å². The maximum Gasteiger partial charge on any atom is 0.127 e. The van der Waals surface area contributed by atoms with E-state index in [1.807, 2.05) is 6.33 Å². The van der Waals surface area contributed by atoms with E-state index in [1.165, 1.54) is 0 Å². The monoisotopic (exact) mass is 209 g/mol. The summed E-state index contributed by atoms with van der Waals surface area (Å²) >= 11 is 0. The Morgan fingerprint density at radius 2 is 1.87 bits per heavy atom. The van der Waals surface area contributed by atoms with Gasteiger partial charge in [-0.2, -0.15) is 0 Å². The standard InChI is InChI=1S/C12H23N3/c1-6-9(7-2)10-11(13)15(8-14-10)12(3,4)5/h8-9H,6-7,13H2,1-5H3. The number of anilines is 1. The number of aromatic nitrogens is 2. The van der Waals surface area contributed by atoms with Crippen molar-refractivity contribution >= 4 is 5.82 Å². The van der Waals surface area contributed by atoms with Crippen LogP contribution in [0.15, 0.2) is 6.33 Å².